The number of anilines is 2. The minimum Gasteiger partial charge on any atom is -0.497 e. The average Bonchev–Trinajstić information content (AvgIpc) is 3.04. The number of ether oxygens (including phenoxy) is 3. The van der Waals surface area contributed by atoms with Crippen molar-refractivity contribution in [3.8, 4) is 11.5 Å². The lowest BCUT2D eigenvalue weighted by molar-refractivity contribution is 0.188. The molecule has 0 saturated heterocycles. The van der Waals surface area contributed by atoms with E-state index < -0.39 is 0 Å². The van der Waals surface area contributed by atoms with Crippen molar-refractivity contribution in [1.82, 2.24) is 4.57 Å². The van der Waals surface area contributed by atoms with E-state index in [9.17, 15) is 4.79 Å². The number of carbonyl (C=O) groups is 1. The van der Waals surface area contributed by atoms with Gasteiger partial charge in [-0.2, -0.15) is 0 Å². The number of para-hydroxylation sites is 1. The Morgan fingerprint density at radius 3 is 2.52 bits per heavy atom. The fraction of sp³-hybridized carbons (Fsp3) is 0.250. The average molecular weight is 369 g/mol. The van der Waals surface area contributed by atoms with Crippen LogP contribution in [-0.2, 0) is 11.3 Å². The molecule has 0 saturated carbocycles. The van der Waals surface area contributed by atoms with Crippen molar-refractivity contribution < 1.29 is 19.0 Å². The standard InChI is InChI=1S/C20H23N3O4/c1-25-11-10-23-13-17(15-6-4-5-7-18(15)23)22-20(24)21-16-9-8-14(26-2)12-19(16)27-3/h4-9,12-13H,10-11H2,1-3H3,(H2,21,22,24). The van der Waals surface area contributed by atoms with Crippen LogP contribution in [-0.4, -0.2) is 38.5 Å². The molecule has 7 heteroatoms. The van der Waals surface area contributed by atoms with Gasteiger partial charge in [-0.25, -0.2) is 4.79 Å². The zero-order chi connectivity index (χ0) is 19.2. The molecular formula is C20H23N3O4. The Morgan fingerprint density at radius 2 is 1.78 bits per heavy atom. The van der Waals surface area contributed by atoms with Gasteiger partial charge in [0.25, 0.3) is 0 Å². The summed E-state index contributed by atoms with van der Waals surface area (Å²) in [6.07, 6.45) is 1.91. The number of aromatic nitrogens is 1. The van der Waals surface area contributed by atoms with Crippen molar-refractivity contribution >= 4 is 28.3 Å². The Bertz CT molecular complexity index is 936. The lowest BCUT2D eigenvalue weighted by Crippen LogP contribution is -2.19. The van der Waals surface area contributed by atoms with Crippen LogP contribution < -0.4 is 20.1 Å². The summed E-state index contributed by atoms with van der Waals surface area (Å²) in [4.78, 5) is 12.5. The summed E-state index contributed by atoms with van der Waals surface area (Å²) in [5.74, 6) is 1.17. The van der Waals surface area contributed by atoms with Gasteiger partial charge >= 0.3 is 6.03 Å². The van der Waals surface area contributed by atoms with E-state index in [-0.39, 0.29) is 6.03 Å². The first-order valence-electron chi connectivity index (χ1n) is 8.53. The Morgan fingerprint density at radius 1 is 1.00 bits per heavy atom. The molecule has 3 rings (SSSR count). The zero-order valence-electron chi connectivity index (χ0n) is 15.6. The second-order valence-corrected chi connectivity index (χ2v) is 5.89. The fourth-order valence-electron chi connectivity index (χ4n) is 2.90. The van der Waals surface area contributed by atoms with Gasteiger partial charge in [-0.1, -0.05) is 18.2 Å². The summed E-state index contributed by atoms with van der Waals surface area (Å²) >= 11 is 0. The molecule has 0 fully saturated rings. The second kappa shape index (κ2) is 8.46. The Balaban J connectivity index is 1.80. The van der Waals surface area contributed by atoms with E-state index in [1.165, 1.54) is 0 Å². The number of hydrogen-bond donors (Lipinski definition) is 2. The number of methoxy groups -OCH3 is 3. The van der Waals surface area contributed by atoms with Gasteiger partial charge in [0.05, 0.1) is 37.7 Å². The van der Waals surface area contributed by atoms with Crippen molar-refractivity contribution in [2.75, 3.05) is 38.6 Å². The number of urea groups is 1. The van der Waals surface area contributed by atoms with E-state index >= 15 is 0 Å². The van der Waals surface area contributed by atoms with Gasteiger partial charge in [0.2, 0.25) is 0 Å². The van der Waals surface area contributed by atoms with Crippen LogP contribution in [0.2, 0.25) is 0 Å². The third kappa shape index (κ3) is 4.15. The topological polar surface area (TPSA) is 73.8 Å². The first-order chi connectivity index (χ1) is 13.2. The highest BCUT2D eigenvalue weighted by atomic mass is 16.5. The largest absolute Gasteiger partial charge is 0.497 e. The van der Waals surface area contributed by atoms with Gasteiger partial charge in [-0.3, -0.25) is 0 Å². The molecule has 2 amide bonds. The van der Waals surface area contributed by atoms with Crippen molar-refractivity contribution in [3.63, 3.8) is 0 Å². The molecule has 0 radical (unpaired) electrons. The molecule has 3 aromatic rings. The molecule has 0 aliphatic rings. The van der Waals surface area contributed by atoms with Crippen molar-refractivity contribution in [1.29, 1.82) is 0 Å². The van der Waals surface area contributed by atoms with E-state index in [1.54, 1.807) is 39.5 Å². The van der Waals surface area contributed by atoms with Crippen LogP contribution in [0.25, 0.3) is 10.9 Å². The van der Waals surface area contributed by atoms with Gasteiger partial charge in [-0.05, 0) is 18.2 Å². The lowest BCUT2D eigenvalue weighted by atomic mass is 10.2. The van der Waals surface area contributed by atoms with Crippen LogP contribution in [0.3, 0.4) is 0 Å². The van der Waals surface area contributed by atoms with Crippen LogP contribution in [0.5, 0.6) is 11.5 Å². The maximum Gasteiger partial charge on any atom is 0.323 e. The first kappa shape index (κ1) is 18.6. The lowest BCUT2D eigenvalue weighted by Gasteiger charge is -2.12. The van der Waals surface area contributed by atoms with E-state index in [1.807, 2.05) is 30.5 Å². The number of rotatable bonds is 7. The van der Waals surface area contributed by atoms with Crippen LogP contribution in [0.4, 0.5) is 16.2 Å². The third-order valence-electron chi connectivity index (χ3n) is 4.23. The SMILES string of the molecule is COCCn1cc(NC(=O)Nc2ccc(OC)cc2OC)c2ccccc21. The van der Waals surface area contributed by atoms with Crippen LogP contribution in [0, 0.1) is 0 Å². The summed E-state index contributed by atoms with van der Waals surface area (Å²) in [7, 11) is 4.79. The van der Waals surface area contributed by atoms with E-state index in [2.05, 4.69) is 15.2 Å². The Hall–Kier alpha value is -3.19. The highest BCUT2D eigenvalue weighted by Crippen LogP contribution is 2.30. The molecule has 2 aromatic carbocycles. The number of hydrogen-bond acceptors (Lipinski definition) is 4. The molecule has 0 aliphatic carbocycles. The maximum absolute atomic E-state index is 12.5. The first-order valence-corrected chi connectivity index (χ1v) is 8.53. The van der Waals surface area contributed by atoms with Gasteiger partial charge in [-0.15, -0.1) is 0 Å². The molecule has 0 aliphatic heterocycles. The molecule has 0 bridgehead atoms. The number of nitrogens with zero attached hydrogens (tertiary/aromatic N) is 1. The third-order valence-corrected chi connectivity index (χ3v) is 4.23. The molecule has 7 nitrogen and oxygen atoms in total. The predicted octanol–water partition coefficient (Wildman–Crippen LogP) is 3.95. The van der Waals surface area contributed by atoms with E-state index in [0.29, 0.717) is 30.3 Å². The molecule has 1 aromatic heterocycles. The van der Waals surface area contributed by atoms with Crippen molar-refractivity contribution in [3.05, 3.63) is 48.7 Å². The second-order valence-electron chi connectivity index (χ2n) is 5.89. The minimum atomic E-state index is -0.354. The fourth-order valence-corrected chi connectivity index (χ4v) is 2.90. The quantitative estimate of drug-likeness (QED) is 0.661. The Labute approximate surface area is 157 Å². The highest BCUT2D eigenvalue weighted by molar-refractivity contribution is 6.06. The summed E-state index contributed by atoms with van der Waals surface area (Å²) in [6, 6.07) is 12.8. The smallest absolute Gasteiger partial charge is 0.323 e. The summed E-state index contributed by atoms with van der Waals surface area (Å²) in [6.45, 7) is 1.29. The van der Waals surface area contributed by atoms with Gasteiger partial charge < -0.3 is 29.4 Å². The molecule has 1 heterocycles. The van der Waals surface area contributed by atoms with E-state index in [4.69, 9.17) is 14.2 Å². The van der Waals surface area contributed by atoms with Gasteiger partial charge in [0, 0.05) is 31.3 Å². The van der Waals surface area contributed by atoms with Gasteiger partial charge in [0.15, 0.2) is 0 Å². The minimum absolute atomic E-state index is 0.354. The Kier molecular flexibility index (Phi) is 5.83. The van der Waals surface area contributed by atoms with Crippen LogP contribution in [0.1, 0.15) is 0 Å². The van der Waals surface area contributed by atoms with Crippen molar-refractivity contribution in [2.45, 2.75) is 6.54 Å². The van der Waals surface area contributed by atoms with Crippen molar-refractivity contribution in [2.24, 2.45) is 0 Å². The number of fused-ring (bicyclic) bond motifs is 1. The number of carbonyl (C=O) groups excluding carboxylic acids is 1. The molecular weight excluding hydrogens is 346 g/mol. The maximum atomic E-state index is 12.5. The monoisotopic (exact) mass is 369 g/mol. The normalized spacial score (nSPS) is 10.6. The molecule has 0 unspecified atom stereocenters. The van der Waals surface area contributed by atoms with E-state index in [0.717, 1.165) is 16.6 Å². The highest BCUT2D eigenvalue weighted by Gasteiger charge is 2.13. The summed E-state index contributed by atoms with van der Waals surface area (Å²) in [5.41, 5.74) is 2.32. The number of amides is 2. The molecule has 0 spiro atoms. The zero-order valence-corrected chi connectivity index (χ0v) is 15.6. The predicted molar refractivity (Wildman–Crippen MR) is 106 cm³/mol. The summed E-state index contributed by atoms with van der Waals surface area (Å²) in [5, 5.41) is 6.69. The molecule has 27 heavy (non-hydrogen) atoms. The number of benzene rings is 2. The summed E-state index contributed by atoms with van der Waals surface area (Å²) < 4.78 is 17.7. The van der Waals surface area contributed by atoms with Gasteiger partial charge in [0.1, 0.15) is 11.5 Å². The van der Waals surface area contributed by atoms with Crippen LogP contribution in [0.15, 0.2) is 48.7 Å². The molecule has 142 valence electrons. The molecule has 0 atom stereocenters. The number of nitrogens with one attached hydrogen (secondary N) is 2. The molecule has 2 N–H and O–H groups in total. The van der Waals surface area contributed by atoms with Crippen LogP contribution >= 0.6 is 0 Å².